The Kier molecular flexibility index (Phi) is 8.86. The second-order valence-electron chi connectivity index (χ2n) is 10.6. The summed E-state index contributed by atoms with van der Waals surface area (Å²) in [5, 5.41) is 7.90. The van der Waals surface area contributed by atoms with E-state index in [9.17, 15) is 14.4 Å². The molecular formula is C28H34ClN9O5S. The average molecular weight is 644 g/mol. The summed E-state index contributed by atoms with van der Waals surface area (Å²) in [6.07, 6.45) is 0.544. The van der Waals surface area contributed by atoms with Gasteiger partial charge in [0.25, 0.3) is 5.91 Å². The van der Waals surface area contributed by atoms with E-state index in [1.54, 1.807) is 22.8 Å². The van der Waals surface area contributed by atoms with Gasteiger partial charge in [0.2, 0.25) is 5.91 Å². The minimum Gasteiger partial charge on any atom is -0.481 e. The van der Waals surface area contributed by atoms with Crippen LogP contribution < -0.4 is 20.3 Å². The molecule has 0 radical (unpaired) electrons. The van der Waals surface area contributed by atoms with Crippen molar-refractivity contribution in [3.05, 3.63) is 45.6 Å². The first-order valence-corrected chi connectivity index (χ1v) is 15.8. The highest BCUT2D eigenvalue weighted by atomic mass is 35.5. The largest absolute Gasteiger partial charge is 0.481 e. The van der Waals surface area contributed by atoms with E-state index in [0.717, 1.165) is 36.1 Å². The van der Waals surface area contributed by atoms with E-state index in [0.29, 0.717) is 68.9 Å². The number of fused-ring (bicyclic) bond motifs is 3. The van der Waals surface area contributed by atoms with Crippen molar-refractivity contribution in [3.63, 3.8) is 0 Å². The highest BCUT2D eigenvalue weighted by Crippen LogP contribution is 2.38. The van der Waals surface area contributed by atoms with Crippen molar-refractivity contribution in [2.75, 3.05) is 62.8 Å². The van der Waals surface area contributed by atoms with Gasteiger partial charge in [0.15, 0.2) is 22.6 Å². The molecule has 0 saturated carbocycles. The van der Waals surface area contributed by atoms with E-state index in [1.165, 1.54) is 11.3 Å². The molecule has 0 aromatic carbocycles. The number of hydrogen-bond acceptors (Lipinski definition) is 10. The molecule has 1 fully saturated rings. The first-order chi connectivity index (χ1) is 21.3. The van der Waals surface area contributed by atoms with Crippen LogP contribution in [-0.4, -0.2) is 99.7 Å². The molecule has 1 atom stereocenters. The van der Waals surface area contributed by atoms with Crippen LogP contribution in [0.1, 0.15) is 42.8 Å². The molecule has 44 heavy (non-hydrogen) atoms. The minimum absolute atomic E-state index is 0.00516. The fourth-order valence-electron chi connectivity index (χ4n) is 5.72. The summed E-state index contributed by atoms with van der Waals surface area (Å²) in [7, 11) is 0. The predicted octanol–water partition coefficient (Wildman–Crippen LogP) is 2.28. The summed E-state index contributed by atoms with van der Waals surface area (Å²) in [5.74, 6) is 1.57. The number of pyridine rings is 1. The lowest BCUT2D eigenvalue weighted by Crippen LogP contribution is -2.44. The molecule has 3 aliphatic rings. The van der Waals surface area contributed by atoms with E-state index in [-0.39, 0.29) is 29.6 Å². The predicted molar refractivity (Wildman–Crippen MR) is 163 cm³/mol. The third kappa shape index (κ3) is 6.16. The fraction of sp³-hybridized carbons (Fsp3) is 0.500. The number of thiazole rings is 1. The van der Waals surface area contributed by atoms with Crippen LogP contribution >= 0.6 is 22.9 Å². The number of morpholine rings is 1. The Balaban J connectivity index is 1.25. The Morgan fingerprint density at radius 3 is 2.68 bits per heavy atom. The molecule has 4 amide bonds. The third-order valence-electron chi connectivity index (χ3n) is 7.86. The quantitative estimate of drug-likeness (QED) is 0.370. The van der Waals surface area contributed by atoms with Crippen LogP contribution in [0, 0.1) is 0 Å². The number of imidazole rings is 1. The Labute approximate surface area is 263 Å². The number of carbonyl (C=O) groups excluding carboxylic acids is 3. The summed E-state index contributed by atoms with van der Waals surface area (Å²) in [6, 6.07) is 2.65. The zero-order valence-electron chi connectivity index (χ0n) is 24.5. The monoisotopic (exact) mass is 643 g/mol. The molecule has 0 spiro atoms. The fourth-order valence-corrected chi connectivity index (χ4v) is 6.65. The standard InChI is InChI=1S/C28H34ClN9O5S/c1-3-30-27(41)34-28-32-19(16-44-28)25-24-18(31-22-14-36(17(2)39)8-9-37(22)24)6-7-38(25)23(40)15-43-20-4-5-21(33-26(20)29)35-10-12-42-13-11-35/h4-5,16,25H,3,6-15H2,1-2H3,(H2,30,32,34,41). The zero-order chi connectivity index (χ0) is 30.8. The second-order valence-corrected chi connectivity index (χ2v) is 11.8. The molecule has 14 nitrogen and oxygen atoms in total. The maximum atomic E-state index is 13.8. The molecule has 3 aromatic rings. The second kappa shape index (κ2) is 13.0. The highest BCUT2D eigenvalue weighted by Gasteiger charge is 2.39. The normalized spacial score (nSPS) is 18.0. The molecule has 234 valence electrons. The minimum atomic E-state index is -0.557. The molecule has 6 heterocycles. The Hall–Kier alpha value is -3.95. The van der Waals surface area contributed by atoms with Crippen LogP contribution in [0.5, 0.6) is 5.75 Å². The summed E-state index contributed by atoms with van der Waals surface area (Å²) in [6.45, 7) is 8.21. The number of nitrogens with one attached hydrogen (secondary N) is 2. The van der Waals surface area contributed by atoms with E-state index in [4.69, 9.17) is 31.0 Å². The molecule has 2 N–H and O–H groups in total. The lowest BCUT2D eigenvalue weighted by molar-refractivity contribution is -0.135. The van der Waals surface area contributed by atoms with E-state index < -0.39 is 6.04 Å². The molecular weight excluding hydrogens is 610 g/mol. The molecule has 16 heteroatoms. The first-order valence-electron chi connectivity index (χ1n) is 14.6. The van der Waals surface area contributed by atoms with Crippen LogP contribution in [0.25, 0.3) is 0 Å². The molecule has 1 saturated heterocycles. The van der Waals surface area contributed by atoms with E-state index in [1.807, 2.05) is 18.4 Å². The number of amides is 4. The van der Waals surface area contributed by atoms with E-state index >= 15 is 0 Å². The summed E-state index contributed by atoms with van der Waals surface area (Å²) in [4.78, 5) is 57.7. The van der Waals surface area contributed by atoms with Crippen molar-refractivity contribution in [3.8, 4) is 5.75 Å². The topological polar surface area (TPSA) is 147 Å². The van der Waals surface area contributed by atoms with Crippen LogP contribution in [0.3, 0.4) is 0 Å². The Morgan fingerprint density at radius 2 is 1.93 bits per heavy atom. The lowest BCUT2D eigenvalue weighted by Gasteiger charge is -2.36. The number of ether oxygens (including phenoxy) is 2. The molecule has 3 aromatic heterocycles. The first kappa shape index (κ1) is 30.1. The van der Waals surface area contributed by atoms with E-state index in [2.05, 4.69) is 25.1 Å². The molecule has 1 unspecified atom stereocenters. The maximum Gasteiger partial charge on any atom is 0.321 e. The average Bonchev–Trinajstić information content (AvgIpc) is 3.64. The van der Waals surface area contributed by atoms with Crippen molar-refractivity contribution in [1.29, 1.82) is 0 Å². The number of urea groups is 1. The van der Waals surface area contributed by atoms with Crippen molar-refractivity contribution in [2.24, 2.45) is 0 Å². The van der Waals surface area contributed by atoms with Gasteiger partial charge < -0.3 is 34.1 Å². The number of hydrogen-bond donors (Lipinski definition) is 2. The van der Waals surface area contributed by atoms with Crippen LogP contribution in [0.2, 0.25) is 5.15 Å². The number of rotatable bonds is 7. The Bertz CT molecular complexity index is 1560. The maximum absolute atomic E-state index is 13.8. The van der Waals surface area contributed by atoms with Crippen molar-refractivity contribution < 1.29 is 23.9 Å². The van der Waals surface area contributed by atoms with Gasteiger partial charge in [-0.05, 0) is 19.1 Å². The van der Waals surface area contributed by atoms with Gasteiger partial charge in [-0.1, -0.05) is 11.6 Å². The lowest BCUT2D eigenvalue weighted by atomic mass is 9.99. The third-order valence-corrected chi connectivity index (χ3v) is 8.91. The number of halogens is 1. The van der Waals surface area contributed by atoms with Crippen molar-refractivity contribution in [1.82, 2.24) is 34.6 Å². The van der Waals surface area contributed by atoms with Crippen molar-refractivity contribution >= 4 is 51.7 Å². The number of anilines is 2. The summed E-state index contributed by atoms with van der Waals surface area (Å²) in [5.41, 5.74) is 2.35. The van der Waals surface area contributed by atoms with Gasteiger partial charge in [0.05, 0.1) is 36.8 Å². The van der Waals surface area contributed by atoms with Crippen LogP contribution in [0.15, 0.2) is 17.5 Å². The highest BCUT2D eigenvalue weighted by molar-refractivity contribution is 7.13. The van der Waals surface area contributed by atoms with Gasteiger partial charge in [-0.3, -0.25) is 14.9 Å². The summed E-state index contributed by atoms with van der Waals surface area (Å²) >= 11 is 7.75. The smallest absolute Gasteiger partial charge is 0.321 e. The van der Waals surface area contributed by atoms with Gasteiger partial charge in [0, 0.05) is 58.0 Å². The van der Waals surface area contributed by atoms with Gasteiger partial charge in [0.1, 0.15) is 17.7 Å². The summed E-state index contributed by atoms with van der Waals surface area (Å²) < 4.78 is 13.4. The van der Waals surface area contributed by atoms with Crippen LogP contribution in [-0.2, 0) is 33.8 Å². The number of carbonyl (C=O) groups is 3. The molecule has 0 aliphatic carbocycles. The van der Waals surface area contributed by atoms with Crippen molar-refractivity contribution in [2.45, 2.75) is 39.4 Å². The molecule has 6 rings (SSSR count). The van der Waals surface area contributed by atoms with Gasteiger partial charge in [-0.15, -0.1) is 11.3 Å². The van der Waals surface area contributed by atoms with Gasteiger partial charge >= 0.3 is 6.03 Å². The van der Waals surface area contributed by atoms with Gasteiger partial charge in [-0.25, -0.2) is 19.7 Å². The zero-order valence-corrected chi connectivity index (χ0v) is 26.1. The number of aromatic nitrogens is 4. The van der Waals surface area contributed by atoms with Gasteiger partial charge in [-0.2, -0.15) is 0 Å². The Morgan fingerprint density at radius 1 is 1.11 bits per heavy atom. The van der Waals surface area contributed by atoms with Crippen LogP contribution in [0.4, 0.5) is 15.7 Å². The SMILES string of the molecule is CCNC(=O)Nc1nc(C2c3c(nc4n3CCN(C(C)=O)C4)CCN2C(=O)COc2ccc(N3CCOCC3)nc2Cl)cs1. The number of nitrogens with zero attached hydrogens (tertiary/aromatic N) is 7. The molecule has 0 bridgehead atoms. The molecule has 3 aliphatic heterocycles.